The monoisotopic (exact) mass is 232 g/mol. The van der Waals surface area contributed by atoms with Crippen molar-refractivity contribution in [3.05, 3.63) is 0 Å². The van der Waals surface area contributed by atoms with Crippen LogP contribution in [0.2, 0.25) is 0 Å². The van der Waals surface area contributed by atoms with Crippen molar-refractivity contribution in [1.82, 2.24) is 0 Å². The van der Waals surface area contributed by atoms with Crippen molar-refractivity contribution in [2.24, 2.45) is 11.8 Å². The highest BCUT2D eigenvalue weighted by Crippen LogP contribution is 2.04. The molecule has 0 radical (unpaired) electrons. The maximum absolute atomic E-state index is 4.96. The van der Waals surface area contributed by atoms with Crippen LogP contribution < -0.4 is 0 Å². The third-order valence-corrected chi connectivity index (χ3v) is 2.74. The van der Waals surface area contributed by atoms with Crippen LogP contribution in [0.1, 0.15) is 53.4 Å². The topological polar surface area (TPSA) is 18.5 Å². The highest BCUT2D eigenvalue weighted by molar-refractivity contribution is 4.47. The fourth-order valence-corrected chi connectivity index (χ4v) is 1.38. The number of hydrogen-bond donors (Lipinski definition) is 0. The van der Waals surface area contributed by atoms with Gasteiger partial charge in [0.2, 0.25) is 0 Å². The third kappa shape index (κ3) is 16.4. The van der Waals surface area contributed by atoms with Gasteiger partial charge in [-0.1, -0.05) is 40.5 Å². The average Bonchev–Trinajstić information content (AvgIpc) is 2.27. The van der Waals surface area contributed by atoms with Crippen molar-refractivity contribution in [2.75, 3.05) is 27.4 Å². The van der Waals surface area contributed by atoms with Gasteiger partial charge in [0, 0.05) is 27.4 Å². The van der Waals surface area contributed by atoms with Crippen LogP contribution in [0.25, 0.3) is 0 Å². The summed E-state index contributed by atoms with van der Waals surface area (Å²) >= 11 is 0. The van der Waals surface area contributed by atoms with Crippen LogP contribution in [0.15, 0.2) is 0 Å². The van der Waals surface area contributed by atoms with Gasteiger partial charge >= 0.3 is 0 Å². The molecule has 0 fully saturated rings. The molecular weight excluding hydrogens is 200 g/mol. The van der Waals surface area contributed by atoms with E-state index in [2.05, 4.69) is 27.7 Å². The van der Waals surface area contributed by atoms with Crippen molar-refractivity contribution in [1.29, 1.82) is 0 Å². The Bertz CT molecular complexity index is 109. The summed E-state index contributed by atoms with van der Waals surface area (Å²) in [6.45, 7) is 10.7. The molecule has 0 aromatic rings. The van der Waals surface area contributed by atoms with Crippen molar-refractivity contribution in [3.63, 3.8) is 0 Å². The Balaban J connectivity index is 0. The first kappa shape index (κ1) is 18.3. The molecule has 0 heterocycles. The SMILES string of the molecule is CCC(C)CCOC.CCCC(C)COC. The van der Waals surface area contributed by atoms with E-state index in [1.54, 1.807) is 14.2 Å². The summed E-state index contributed by atoms with van der Waals surface area (Å²) in [7, 11) is 3.51. The fraction of sp³-hybridized carbons (Fsp3) is 1.00. The lowest BCUT2D eigenvalue weighted by Gasteiger charge is -2.06. The second kappa shape index (κ2) is 14.9. The lowest BCUT2D eigenvalue weighted by Crippen LogP contribution is -2.01. The molecule has 0 spiro atoms. The highest BCUT2D eigenvalue weighted by atomic mass is 16.5. The minimum atomic E-state index is 0.741. The van der Waals surface area contributed by atoms with Gasteiger partial charge in [0.05, 0.1) is 0 Å². The zero-order chi connectivity index (χ0) is 12.8. The number of hydrogen-bond acceptors (Lipinski definition) is 2. The minimum absolute atomic E-state index is 0.741. The summed E-state index contributed by atoms with van der Waals surface area (Å²) in [6.07, 6.45) is 5.02. The number of methoxy groups -OCH3 is 2. The van der Waals surface area contributed by atoms with E-state index in [1.165, 1.54) is 25.7 Å². The smallest absolute Gasteiger partial charge is 0.0487 e. The lowest BCUT2D eigenvalue weighted by atomic mass is 10.1. The Morgan fingerprint density at radius 2 is 1.50 bits per heavy atom. The van der Waals surface area contributed by atoms with Gasteiger partial charge in [-0.05, 0) is 24.7 Å². The van der Waals surface area contributed by atoms with Gasteiger partial charge in [-0.25, -0.2) is 0 Å². The van der Waals surface area contributed by atoms with Crippen molar-refractivity contribution in [2.45, 2.75) is 53.4 Å². The van der Waals surface area contributed by atoms with E-state index < -0.39 is 0 Å². The minimum Gasteiger partial charge on any atom is -0.385 e. The second-order valence-corrected chi connectivity index (χ2v) is 4.64. The van der Waals surface area contributed by atoms with Crippen LogP contribution in [-0.4, -0.2) is 27.4 Å². The Labute approximate surface area is 103 Å². The first-order valence-corrected chi connectivity index (χ1v) is 6.60. The zero-order valence-corrected chi connectivity index (χ0v) is 12.2. The van der Waals surface area contributed by atoms with Gasteiger partial charge in [0.25, 0.3) is 0 Å². The lowest BCUT2D eigenvalue weighted by molar-refractivity contribution is 0.155. The predicted molar refractivity (Wildman–Crippen MR) is 71.9 cm³/mol. The molecule has 0 N–H and O–H groups in total. The summed E-state index contributed by atoms with van der Waals surface area (Å²) in [4.78, 5) is 0. The fourth-order valence-electron chi connectivity index (χ4n) is 1.38. The van der Waals surface area contributed by atoms with Gasteiger partial charge < -0.3 is 9.47 Å². The normalized spacial score (nSPS) is 13.9. The second-order valence-electron chi connectivity index (χ2n) is 4.64. The van der Waals surface area contributed by atoms with Gasteiger partial charge in [0.15, 0.2) is 0 Å². The Kier molecular flexibility index (Phi) is 17.1. The highest BCUT2D eigenvalue weighted by Gasteiger charge is 1.96. The van der Waals surface area contributed by atoms with E-state index in [9.17, 15) is 0 Å². The summed E-state index contributed by atoms with van der Waals surface area (Å²) in [6, 6.07) is 0. The van der Waals surface area contributed by atoms with Crippen molar-refractivity contribution >= 4 is 0 Å². The number of ether oxygens (including phenoxy) is 2. The van der Waals surface area contributed by atoms with Crippen molar-refractivity contribution in [3.8, 4) is 0 Å². The maximum atomic E-state index is 4.96. The number of rotatable bonds is 8. The molecule has 0 bridgehead atoms. The van der Waals surface area contributed by atoms with Crippen LogP contribution in [0.4, 0.5) is 0 Å². The largest absolute Gasteiger partial charge is 0.385 e. The molecule has 0 amide bonds. The summed E-state index contributed by atoms with van der Waals surface area (Å²) < 4.78 is 9.87. The molecule has 0 aromatic heterocycles. The predicted octanol–water partition coefficient (Wildman–Crippen LogP) is 4.14. The molecule has 0 aliphatic rings. The molecule has 16 heavy (non-hydrogen) atoms. The molecule has 0 saturated carbocycles. The quantitative estimate of drug-likeness (QED) is 0.626. The molecule has 0 aromatic carbocycles. The molecule has 2 nitrogen and oxygen atoms in total. The van der Waals surface area contributed by atoms with Gasteiger partial charge in [-0.3, -0.25) is 0 Å². The summed E-state index contributed by atoms with van der Waals surface area (Å²) in [5, 5.41) is 0. The molecule has 0 aliphatic carbocycles. The van der Waals surface area contributed by atoms with Crippen LogP contribution in [0, 0.1) is 11.8 Å². The average molecular weight is 232 g/mol. The van der Waals surface area contributed by atoms with Crippen LogP contribution in [0.3, 0.4) is 0 Å². The van der Waals surface area contributed by atoms with Gasteiger partial charge in [0.1, 0.15) is 0 Å². The molecule has 100 valence electrons. The molecule has 2 unspecified atom stereocenters. The van der Waals surface area contributed by atoms with Gasteiger partial charge in [-0.2, -0.15) is 0 Å². The van der Waals surface area contributed by atoms with Crippen LogP contribution in [-0.2, 0) is 9.47 Å². The molecule has 2 heteroatoms. The van der Waals surface area contributed by atoms with E-state index in [0.717, 1.165) is 25.0 Å². The van der Waals surface area contributed by atoms with E-state index >= 15 is 0 Å². The third-order valence-electron chi connectivity index (χ3n) is 2.74. The van der Waals surface area contributed by atoms with E-state index in [-0.39, 0.29) is 0 Å². The van der Waals surface area contributed by atoms with Crippen LogP contribution >= 0.6 is 0 Å². The summed E-state index contributed by atoms with van der Waals surface area (Å²) in [5.74, 6) is 1.57. The van der Waals surface area contributed by atoms with Gasteiger partial charge in [-0.15, -0.1) is 0 Å². The maximum Gasteiger partial charge on any atom is 0.0487 e. The zero-order valence-electron chi connectivity index (χ0n) is 12.2. The molecule has 0 aliphatic heterocycles. The first-order valence-electron chi connectivity index (χ1n) is 6.60. The molecule has 2 atom stereocenters. The van der Waals surface area contributed by atoms with E-state index in [4.69, 9.17) is 9.47 Å². The van der Waals surface area contributed by atoms with Crippen molar-refractivity contribution < 1.29 is 9.47 Å². The standard InChI is InChI=1S/2C7H16O/c1-4-7(2)5-6-8-3;1-4-5-7(2)6-8-3/h2*7H,4-6H2,1-3H3. The summed E-state index contributed by atoms with van der Waals surface area (Å²) in [5.41, 5.74) is 0. The molecular formula is C14H32O2. The Hall–Kier alpha value is -0.0800. The Morgan fingerprint density at radius 1 is 0.875 bits per heavy atom. The Morgan fingerprint density at radius 3 is 1.88 bits per heavy atom. The molecule has 0 rings (SSSR count). The van der Waals surface area contributed by atoms with E-state index in [1.807, 2.05) is 0 Å². The molecule has 0 saturated heterocycles. The first-order chi connectivity index (χ1) is 7.62. The van der Waals surface area contributed by atoms with E-state index in [0.29, 0.717) is 0 Å². The van der Waals surface area contributed by atoms with Crippen LogP contribution in [0.5, 0.6) is 0 Å².